The average Bonchev–Trinajstić information content (AvgIpc) is 2.16. The smallest absolute Gasteiger partial charge is 0.252 e. The molecule has 0 unspecified atom stereocenters. The van der Waals surface area contributed by atoms with Gasteiger partial charge in [-0.25, -0.2) is 0 Å². The van der Waals surface area contributed by atoms with E-state index in [9.17, 15) is 18.0 Å². The third-order valence-corrected chi connectivity index (χ3v) is 2.86. The normalized spacial score (nSPS) is 15.5. The fourth-order valence-electron chi connectivity index (χ4n) is 1.04. The predicted molar refractivity (Wildman–Crippen MR) is 56.4 cm³/mol. The number of halogens is 2. The molecule has 0 N–H and O–H groups in total. The van der Waals surface area contributed by atoms with Crippen LogP contribution in [0.25, 0.3) is 0 Å². The molecule has 0 radical (unpaired) electrons. The van der Waals surface area contributed by atoms with E-state index in [1.807, 2.05) is 0 Å². The molecule has 0 atom stereocenters. The van der Waals surface area contributed by atoms with Crippen LogP contribution in [0.2, 0.25) is 0 Å². The molecule has 0 fully saturated rings. The van der Waals surface area contributed by atoms with Crippen molar-refractivity contribution in [3.8, 4) is 0 Å². The maximum Gasteiger partial charge on any atom is 0.252 e. The number of allylic oxidation sites excluding steroid dienone is 4. The average molecular weight is 267 g/mol. The topological polar surface area (TPSA) is 68.3 Å². The summed E-state index contributed by atoms with van der Waals surface area (Å²) in [4.78, 5) is 21.6. The first-order valence-electron chi connectivity index (χ1n) is 3.69. The summed E-state index contributed by atoms with van der Waals surface area (Å²) < 4.78 is 21.3. The summed E-state index contributed by atoms with van der Waals surface area (Å²) in [7, 11) is -2.50. The van der Waals surface area contributed by atoms with Gasteiger partial charge >= 0.3 is 0 Å². The number of hydrogen-bond acceptors (Lipinski definition) is 4. The van der Waals surface area contributed by atoms with Crippen LogP contribution in [-0.2, 0) is 19.9 Å². The summed E-state index contributed by atoms with van der Waals surface area (Å²) >= 11 is 10.4. The number of carbonyl (C=O) groups excluding carboxylic acids is 2. The van der Waals surface area contributed by atoms with Crippen molar-refractivity contribution in [2.75, 3.05) is 0 Å². The monoisotopic (exact) mass is 266 g/mol. The molecule has 0 saturated heterocycles. The summed E-state index contributed by atoms with van der Waals surface area (Å²) in [6.45, 7) is 0. The Morgan fingerprint density at radius 3 is 2.13 bits per heavy atom. The molecule has 7 heteroatoms. The first-order valence-corrected chi connectivity index (χ1v) is 5.52. The molecule has 80 valence electrons. The molecule has 0 aromatic heterocycles. The van der Waals surface area contributed by atoms with Crippen LogP contribution >= 0.6 is 23.2 Å². The van der Waals surface area contributed by atoms with Crippen LogP contribution in [0.5, 0.6) is 0 Å². The lowest BCUT2D eigenvalue weighted by molar-refractivity contribution is -0.108. The first kappa shape index (κ1) is 12.2. The Morgan fingerprint density at radius 1 is 1.13 bits per heavy atom. The largest absolute Gasteiger partial charge is 0.276 e. The third kappa shape index (κ3) is 3.02. The summed E-state index contributed by atoms with van der Waals surface area (Å²) in [5, 5.41) is -1.64. The van der Waals surface area contributed by atoms with Crippen LogP contribution < -0.4 is 0 Å². The van der Waals surface area contributed by atoms with Crippen LogP contribution in [0.4, 0.5) is 0 Å². The van der Waals surface area contributed by atoms with Crippen LogP contribution in [-0.4, -0.2) is 23.8 Å². The Hall–Kier alpha value is -0.910. The second-order valence-electron chi connectivity index (χ2n) is 2.69. The lowest BCUT2D eigenvalue weighted by Gasteiger charge is -2.07. The highest BCUT2D eigenvalue weighted by Gasteiger charge is 2.18. The quantitative estimate of drug-likeness (QED) is 0.548. The molecule has 1 rings (SSSR count). The number of rotatable bonds is 2. The van der Waals surface area contributed by atoms with Crippen molar-refractivity contribution in [1.29, 1.82) is 0 Å². The zero-order valence-electron chi connectivity index (χ0n) is 7.16. The van der Waals surface area contributed by atoms with Crippen molar-refractivity contribution in [3.63, 3.8) is 0 Å². The van der Waals surface area contributed by atoms with Crippen molar-refractivity contribution in [2.24, 2.45) is 0 Å². The van der Waals surface area contributed by atoms with Gasteiger partial charge in [0.15, 0.2) is 0 Å². The van der Waals surface area contributed by atoms with E-state index in [0.717, 1.165) is 6.08 Å². The highest BCUT2D eigenvalue weighted by atomic mass is 35.5. The van der Waals surface area contributed by atoms with Crippen molar-refractivity contribution in [1.82, 2.24) is 0 Å². The predicted octanol–water partition coefficient (Wildman–Crippen LogP) is 0.825. The lowest BCUT2D eigenvalue weighted by atomic mass is 10.0. The number of hydrogen-bond donors (Lipinski definition) is 0. The Labute approximate surface area is 96.7 Å². The standard InChI is InChI=1S/C8H4Cl2O4S/c9-7(11)4-1-5(8(10)12)3-6(2-4)15(13)14/h1-2H,3H2. The van der Waals surface area contributed by atoms with Gasteiger partial charge in [-0.3, -0.25) is 9.59 Å². The Morgan fingerprint density at radius 2 is 1.73 bits per heavy atom. The van der Waals surface area contributed by atoms with Crippen molar-refractivity contribution >= 4 is 48.8 Å². The molecule has 0 heterocycles. The third-order valence-electron chi connectivity index (χ3n) is 1.70. The molecule has 4 nitrogen and oxygen atoms in total. The van der Waals surface area contributed by atoms with E-state index in [0.29, 0.717) is 0 Å². The minimum atomic E-state index is -2.50. The fraction of sp³-hybridized carbons (Fsp3) is 0.125. The van der Waals surface area contributed by atoms with Gasteiger partial charge < -0.3 is 0 Å². The molecule has 0 aromatic carbocycles. The van der Waals surface area contributed by atoms with Gasteiger partial charge in [0.2, 0.25) is 15.5 Å². The van der Waals surface area contributed by atoms with Gasteiger partial charge in [-0.05, 0) is 35.4 Å². The van der Waals surface area contributed by atoms with Crippen LogP contribution in [0, 0.1) is 0 Å². The Bertz CT molecular complexity index is 517. The van der Waals surface area contributed by atoms with Gasteiger partial charge in [-0.2, -0.15) is 8.42 Å². The van der Waals surface area contributed by atoms with Gasteiger partial charge in [0.05, 0.1) is 4.86 Å². The van der Waals surface area contributed by atoms with E-state index in [-0.39, 0.29) is 22.4 Å². The fourth-order valence-corrected chi connectivity index (χ4v) is 1.77. The highest BCUT2D eigenvalue weighted by Crippen LogP contribution is 2.19. The molecule has 0 aromatic rings. The van der Waals surface area contributed by atoms with E-state index in [2.05, 4.69) is 0 Å². The Balaban J connectivity index is 3.32. The van der Waals surface area contributed by atoms with Crippen molar-refractivity contribution in [2.45, 2.75) is 6.42 Å². The summed E-state index contributed by atoms with van der Waals surface area (Å²) in [5.74, 6) is 0. The lowest BCUT2D eigenvalue weighted by Crippen LogP contribution is -2.11. The van der Waals surface area contributed by atoms with Gasteiger partial charge in [-0.15, -0.1) is 0 Å². The van der Waals surface area contributed by atoms with E-state index < -0.39 is 20.8 Å². The molecular formula is C8H4Cl2O4S. The minimum Gasteiger partial charge on any atom is -0.276 e. The van der Waals surface area contributed by atoms with E-state index in [1.165, 1.54) is 6.08 Å². The Kier molecular flexibility index (Phi) is 3.84. The molecule has 1 aliphatic carbocycles. The zero-order chi connectivity index (χ0) is 11.6. The van der Waals surface area contributed by atoms with E-state index >= 15 is 0 Å². The van der Waals surface area contributed by atoms with Crippen molar-refractivity contribution < 1.29 is 18.0 Å². The zero-order valence-corrected chi connectivity index (χ0v) is 9.49. The minimum absolute atomic E-state index is 0.0300. The highest BCUT2D eigenvalue weighted by molar-refractivity contribution is 7.73. The summed E-state index contributed by atoms with van der Waals surface area (Å²) in [5.41, 5.74) is -0.0338. The van der Waals surface area contributed by atoms with E-state index in [1.54, 1.807) is 0 Å². The maximum atomic E-state index is 10.8. The maximum absolute atomic E-state index is 10.8. The molecule has 0 saturated carbocycles. The second kappa shape index (κ2) is 4.74. The summed E-state index contributed by atoms with van der Waals surface area (Å²) in [6, 6.07) is 0. The van der Waals surface area contributed by atoms with Crippen LogP contribution in [0.1, 0.15) is 6.42 Å². The van der Waals surface area contributed by atoms with Gasteiger partial charge in [0, 0.05) is 17.6 Å². The molecule has 15 heavy (non-hydrogen) atoms. The SMILES string of the molecule is O=C(Cl)C1=CC(=S(=O)=O)CC(C(=O)Cl)=C1. The van der Waals surface area contributed by atoms with Gasteiger partial charge in [-0.1, -0.05) is 0 Å². The van der Waals surface area contributed by atoms with Gasteiger partial charge in [0.1, 0.15) is 0 Å². The van der Waals surface area contributed by atoms with Crippen LogP contribution in [0.3, 0.4) is 0 Å². The first-order chi connectivity index (χ1) is 6.91. The molecular weight excluding hydrogens is 263 g/mol. The van der Waals surface area contributed by atoms with Crippen LogP contribution in [0.15, 0.2) is 23.3 Å². The molecule has 1 aliphatic rings. The van der Waals surface area contributed by atoms with Crippen molar-refractivity contribution in [3.05, 3.63) is 23.3 Å². The van der Waals surface area contributed by atoms with E-state index in [4.69, 9.17) is 23.2 Å². The molecule has 0 spiro atoms. The molecule has 0 aliphatic heterocycles. The second-order valence-corrected chi connectivity index (χ2v) is 4.37. The molecule has 0 bridgehead atoms. The number of carbonyl (C=O) groups is 2. The molecule has 0 amide bonds. The van der Waals surface area contributed by atoms with Gasteiger partial charge in [0.25, 0.3) is 5.24 Å². The summed E-state index contributed by atoms with van der Waals surface area (Å²) in [6.07, 6.45) is 2.18.